The highest BCUT2D eigenvalue weighted by Gasteiger charge is 2.17. The molecule has 2 heteroatoms. The molecular formula is C9H16FN. The van der Waals surface area contributed by atoms with E-state index in [2.05, 4.69) is 5.92 Å². The Balaban J connectivity index is 3.54. The van der Waals surface area contributed by atoms with Gasteiger partial charge in [-0.1, -0.05) is 0 Å². The summed E-state index contributed by atoms with van der Waals surface area (Å²) in [5.41, 5.74) is 5.19. The lowest BCUT2D eigenvalue weighted by Crippen LogP contribution is -2.35. The van der Waals surface area contributed by atoms with Crippen molar-refractivity contribution in [1.29, 1.82) is 0 Å². The minimum absolute atomic E-state index is 0.384. The Kier molecular flexibility index (Phi) is 4.14. The first-order valence-corrected chi connectivity index (χ1v) is 3.82. The highest BCUT2D eigenvalue weighted by molar-refractivity contribution is 4.86. The standard InChI is InChI=1S/C9H16FN/c1-4-5-6-8(10)7-9(2,3)11/h1,8H,5-7,11H2,2-3H3. The van der Waals surface area contributed by atoms with Crippen molar-refractivity contribution in [3.63, 3.8) is 0 Å². The van der Waals surface area contributed by atoms with E-state index >= 15 is 0 Å². The summed E-state index contributed by atoms with van der Waals surface area (Å²) in [5.74, 6) is 2.40. The number of hydrogen-bond donors (Lipinski definition) is 1. The fraction of sp³-hybridized carbons (Fsp3) is 0.778. The fourth-order valence-corrected chi connectivity index (χ4v) is 0.913. The van der Waals surface area contributed by atoms with Gasteiger partial charge in [0.1, 0.15) is 6.17 Å². The summed E-state index contributed by atoms with van der Waals surface area (Å²) in [6.07, 6.45) is 5.45. The van der Waals surface area contributed by atoms with Crippen molar-refractivity contribution in [3.05, 3.63) is 0 Å². The molecule has 64 valence electrons. The summed E-state index contributed by atoms with van der Waals surface area (Å²) in [5, 5.41) is 0. The van der Waals surface area contributed by atoms with Gasteiger partial charge in [0, 0.05) is 12.0 Å². The maximum absolute atomic E-state index is 12.9. The number of rotatable bonds is 4. The zero-order valence-electron chi connectivity index (χ0n) is 7.23. The monoisotopic (exact) mass is 157 g/mol. The highest BCUT2D eigenvalue weighted by atomic mass is 19.1. The van der Waals surface area contributed by atoms with E-state index in [0.717, 1.165) is 0 Å². The maximum atomic E-state index is 12.9. The van der Waals surface area contributed by atoms with Crippen molar-refractivity contribution in [2.75, 3.05) is 0 Å². The number of hydrogen-bond acceptors (Lipinski definition) is 1. The molecule has 0 saturated carbocycles. The van der Waals surface area contributed by atoms with Crippen LogP contribution in [-0.2, 0) is 0 Å². The molecule has 0 aliphatic carbocycles. The highest BCUT2D eigenvalue weighted by Crippen LogP contribution is 2.14. The van der Waals surface area contributed by atoms with Gasteiger partial charge >= 0.3 is 0 Å². The van der Waals surface area contributed by atoms with Gasteiger partial charge in [-0.15, -0.1) is 12.3 Å². The van der Waals surface area contributed by atoms with Crippen LogP contribution < -0.4 is 5.73 Å². The van der Waals surface area contributed by atoms with E-state index in [-0.39, 0.29) is 0 Å². The van der Waals surface area contributed by atoms with E-state index in [0.29, 0.717) is 19.3 Å². The van der Waals surface area contributed by atoms with E-state index in [9.17, 15) is 4.39 Å². The molecule has 0 fully saturated rings. The molecule has 0 heterocycles. The Labute approximate surface area is 68.2 Å². The van der Waals surface area contributed by atoms with Crippen molar-refractivity contribution in [3.8, 4) is 12.3 Å². The molecule has 11 heavy (non-hydrogen) atoms. The summed E-state index contributed by atoms with van der Waals surface area (Å²) >= 11 is 0. The lowest BCUT2D eigenvalue weighted by atomic mass is 9.97. The van der Waals surface area contributed by atoms with Gasteiger partial charge in [-0.2, -0.15) is 0 Å². The van der Waals surface area contributed by atoms with Crippen LogP contribution in [0.1, 0.15) is 33.1 Å². The molecule has 0 bridgehead atoms. The van der Waals surface area contributed by atoms with Gasteiger partial charge in [0.25, 0.3) is 0 Å². The molecule has 1 atom stereocenters. The van der Waals surface area contributed by atoms with Crippen LogP contribution in [0.15, 0.2) is 0 Å². The van der Waals surface area contributed by atoms with Gasteiger partial charge in [0.15, 0.2) is 0 Å². The molecule has 1 nitrogen and oxygen atoms in total. The van der Waals surface area contributed by atoms with E-state index in [1.165, 1.54) is 0 Å². The predicted octanol–water partition coefficient (Wildman–Crippen LogP) is 1.87. The lowest BCUT2D eigenvalue weighted by Gasteiger charge is -2.20. The summed E-state index contributed by atoms with van der Waals surface area (Å²) < 4.78 is 12.9. The second-order valence-corrected chi connectivity index (χ2v) is 3.53. The first kappa shape index (κ1) is 10.4. The Bertz CT molecular complexity index is 141. The molecule has 0 aromatic rings. The molecule has 0 saturated heterocycles. The molecule has 0 rings (SSSR count). The smallest absolute Gasteiger partial charge is 0.103 e. The first-order valence-electron chi connectivity index (χ1n) is 3.82. The third-order valence-corrected chi connectivity index (χ3v) is 1.35. The van der Waals surface area contributed by atoms with Crippen molar-refractivity contribution < 1.29 is 4.39 Å². The molecule has 0 radical (unpaired) electrons. The van der Waals surface area contributed by atoms with Crippen molar-refractivity contribution >= 4 is 0 Å². The first-order chi connectivity index (χ1) is 4.95. The van der Waals surface area contributed by atoms with Crippen LogP contribution in [0.4, 0.5) is 4.39 Å². The summed E-state index contributed by atoms with van der Waals surface area (Å²) in [6.45, 7) is 3.63. The predicted molar refractivity (Wildman–Crippen MR) is 45.8 cm³/mol. The number of terminal acetylenes is 1. The number of nitrogens with two attached hydrogens (primary N) is 1. The second kappa shape index (κ2) is 4.35. The van der Waals surface area contributed by atoms with Gasteiger partial charge in [0.2, 0.25) is 0 Å². The molecule has 1 unspecified atom stereocenters. The lowest BCUT2D eigenvalue weighted by molar-refractivity contribution is 0.251. The van der Waals surface area contributed by atoms with Gasteiger partial charge in [-0.25, -0.2) is 4.39 Å². The van der Waals surface area contributed by atoms with Crippen LogP contribution >= 0.6 is 0 Å². The van der Waals surface area contributed by atoms with Crippen LogP contribution in [-0.4, -0.2) is 11.7 Å². The van der Waals surface area contributed by atoms with Crippen LogP contribution in [0.25, 0.3) is 0 Å². The molecule has 2 N–H and O–H groups in total. The van der Waals surface area contributed by atoms with Crippen molar-refractivity contribution in [2.24, 2.45) is 5.73 Å². The summed E-state index contributed by atoms with van der Waals surface area (Å²) in [7, 11) is 0. The van der Waals surface area contributed by atoms with Crippen molar-refractivity contribution in [1.82, 2.24) is 0 Å². The van der Waals surface area contributed by atoms with Crippen LogP contribution in [0.5, 0.6) is 0 Å². The van der Waals surface area contributed by atoms with E-state index in [1.54, 1.807) is 0 Å². The molecule has 0 spiro atoms. The topological polar surface area (TPSA) is 26.0 Å². The molecule has 0 aromatic heterocycles. The summed E-state index contributed by atoms with van der Waals surface area (Å²) in [4.78, 5) is 0. The van der Waals surface area contributed by atoms with Gasteiger partial charge in [0.05, 0.1) is 0 Å². The minimum atomic E-state index is -0.856. The normalized spacial score (nSPS) is 14.1. The Morgan fingerprint density at radius 2 is 2.18 bits per heavy atom. The van der Waals surface area contributed by atoms with Gasteiger partial charge in [-0.3, -0.25) is 0 Å². The number of halogens is 1. The van der Waals surface area contributed by atoms with Gasteiger partial charge < -0.3 is 5.73 Å². The Hall–Kier alpha value is -0.550. The second-order valence-electron chi connectivity index (χ2n) is 3.53. The quantitative estimate of drug-likeness (QED) is 0.619. The van der Waals surface area contributed by atoms with Crippen LogP contribution in [0.3, 0.4) is 0 Å². The Morgan fingerprint density at radius 1 is 1.64 bits per heavy atom. The molecule has 0 aliphatic rings. The molecular weight excluding hydrogens is 141 g/mol. The third-order valence-electron chi connectivity index (χ3n) is 1.35. The zero-order chi connectivity index (χ0) is 8.91. The van der Waals surface area contributed by atoms with Crippen LogP contribution in [0, 0.1) is 12.3 Å². The fourth-order valence-electron chi connectivity index (χ4n) is 0.913. The van der Waals surface area contributed by atoms with E-state index in [1.807, 2.05) is 13.8 Å². The summed E-state index contributed by atoms with van der Waals surface area (Å²) in [6, 6.07) is 0. The molecule has 0 aliphatic heterocycles. The number of alkyl halides is 1. The SMILES string of the molecule is C#CCCC(F)CC(C)(C)N. The van der Waals surface area contributed by atoms with Crippen LogP contribution in [0.2, 0.25) is 0 Å². The molecule has 0 amide bonds. The van der Waals surface area contributed by atoms with Gasteiger partial charge in [-0.05, 0) is 26.7 Å². The average molecular weight is 157 g/mol. The molecule has 0 aromatic carbocycles. The maximum Gasteiger partial charge on any atom is 0.103 e. The average Bonchev–Trinajstić information content (AvgIpc) is 1.79. The Morgan fingerprint density at radius 3 is 2.55 bits per heavy atom. The zero-order valence-corrected chi connectivity index (χ0v) is 7.23. The van der Waals surface area contributed by atoms with E-state index < -0.39 is 11.7 Å². The largest absolute Gasteiger partial charge is 0.325 e. The van der Waals surface area contributed by atoms with Crippen molar-refractivity contribution in [2.45, 2.75) is 44.8 Å². The minimum Gasteiger partial charge on any atom is -0.325 e. The van der Waals surface area contributed by atoms with E-state index in [4.69, 9.17) is 12.2 Å². The third kappa shape index (κ3) is 7.35.